The summed E-state index contributed by atoms with van der Waals surface area (Å²) in [5.74, 6) is 0.294. The van der Waals surface area contributed by atoms with Gasteiger partial charge in [-0.25, -0.2) is 0 Å². The summed E-state index contributed by atoms with van der Waals surface area (Å²) < 4.78 is 0. The minimum Gasteiger partial charge on any atom is -0.396 e. The normalized spacial score (nSPS) is 12.7. The molecular weight excluding hydrogens is 232 g/mol. The minimum absolute atomic E-state index is 0.230. The molecule has 2 aromatic carbocycles. The van der Waals surface area contributed by atoms with Gasteiger partial charge in [-0.2, -0.15) is 0 Å². The molecule has 19 heavy (non-hydrogen) atoms. The maximum Gasteiger partial charge on any atom is 0.0465 e. The summed E-state index contributed by atoms with van der Waals surface area (Å²) >= 11 is 0. The Kier molecular flexibility index (Phi) is 5.39. The highest BCUT2D eigenvalue weighted by Gasteiger charge is 2.06. The highest BCUT2D eigenvalue weighted by atomic mass is 16.3. The molecule has 0 bridgehead atoms. The van der Waals surface area contributed by atoms with Crippen molar-refractivity contribution in [3.8, 4) is 0 Å². The van der Waals surface area contributed by atoms with Crippen molar-refractivity contribution in [1.82, 2.24) is 0 Å². The summed E-state index contributed by atoms with van der Waals surface area (Å²) in [5, 5.41) is 9.45. The van der Waals surface area contributed by atoms with Crippen LogP contribution in [0.1, 0.15) is 17.5 Å². The van der Waals surface area contributed by atoms with Crippen molar-refractivity contribution in [1.29, 1.82) is 0 Å². The molecule has 1 atom stereocenters. The van der Waals surface area contributed by atoms with Crippen LogP contribution in [0.5, 0.6) is 0 Å². The first-order valence-corrected chi connectivity index (χ1v) is 6.75. The molecule has 2 aromatic rings. The number of hydrogen-bond acceptors (Lipinski definition) is 1. The molecule has 98 valence electrons. The smallest absolute Gasteiger partial charge is 0.0465 e. The fourth-order valence-electron chi connectivity index (χ4n) is 2.13. The molecular formula is C18H20O. The lowest BCUT2D eigenvalue weighted by Gasteiger charge is -2.11. The van der Waals surface area contributed by atoms with Crippen molar-refractivity contribution in [3.05, 3.63) is 77.9 Å². The summed E-state index contributed by atoms with van der Waals surface area (Å²) in [6.07, 6.45) is 6.10. The number of hydrogen-bond donors (Lipinski definition) is 1. The van der Waals surface area contributed by atoms with Gasteiger partial charge in [0.1, 0.15) is 0 Å². The van der Waals surface area contributed by atoms with E-state index in [1.54, 1.807) is 0 Å². The Morgan fingerprint density at radius 2 is 1.53 bits per heavy atom. The lowest BCUT2D eigenvalue weighted by Crippen LogP contribution is -2.08. The van der Waals surface area contributed by atoms with Crippen molar-refractivity contribution in [3.63, 3.8) is 0 Å². The Labute approximate surface area is 115 Å². The second-order valence-corrected chi connectivity index (χ2v) is 4.79. The lowest BCUT2D eigenvalue weighted by molar-refractivity contribution is 0.227. The molecule has 0 saturated carbocycles. The minimum atomic E-state index is 0.230. The van der Waals surface area contributed by atoms with Crippen LogP contribution in [0.2, 0.25) is 0 Å². The number of benzene rings is 2. The van der Waals surface area contributed by atoms with Gasteiger partial charge in [0.05, 0.1) is 0 Å². The monoisotopic (exact) mass is 252 g/mol. The van der Waals surface area contributed by atoms with E-state index in [2.05, 4.69) is 36.4 Å². The quantitative estimate of drug-likeness (QED) is 0.825. The zero-order valence-corrected chi connectivity index (χ0v) is 11.1. The third-order valence-corrected chi connectivity index (χ3v) is 3.20. The van der Waals surface area contributed by atoms with Crippen LogP contribution in [0.25, 0.3) is 6.08 Å². The van der Waals surface area contributed by atoms with E-state index in [1.165, 1.54) is 11.1 Å². The predicted octanol–water partition coefficient (Wildman–Crippen LogP) is 3.94. The Morgan fingerprint density at radius 3 is 2.16 bits per heavy atom. The lowest BCUT2D eigenvalue weighted by atomic mass is 9.96. The van der Waals surface area contributed by atoms with Gasteiger partial charge < -0.3 is 5.11 Å². The van der Waals surface area contributed by atoms with Gasteiger partial charge in [0.25, 0.3) is 0 Å². The average molecular weight is 252 g/mol. The Bertz CT molecular complexity index is 488. The maximum absolute atomic E-state index is 9.45. The molecule has 2 rings (SSSR count). The van der Waals surface area contributed by atoms with E-state index in [-0.39, 0.29) is 6.61 Å². The third kappa shape index (κ3) is 4.72. The van der Waals surface area contributed by atoms with Crippen molar-refractivity contribution >= 4 is 6.08 Å². The molecule has 0 spiro atoms. The van der Waals surface area contributed by atoms with Gasteiger partial charge in [-0.05, 0) is 29.9 Å². The van der Waals surface area contributed by atoms with Gasteiger partial charge in [-0.15, -0.1) is 0 Å². The van der Waals surface area contributed by atoms with E-state index in [0.29, 0.717) is 5.92 Å². The molecule has 0 amide bonds. The highest BCUT2D eigenvalue weighted by molar-refractivity contribution is 5.48. The van der Waals surface area contributed by atoms with Crippen LogP contribution in [0.4, 0.5) is 0 Å². The van der Waals surface area contributed by atoms with E-state index in [9.17, 15) is 5.11 Å². The summed E-state index contributed by atoms with van der Waals surface area (Å²) in [4.78, 5) is 0. The van der Waals surface area contributed by atoms with Crippen LogP contribution < -0.4 is 0 Å². The van der Waals surface area contributed by atoms with Crippen molar-refractivity contribution in [2.45, 2.75) is 12.8 Å². The topological polar surface area (TPSA) is 20.2 Å². The molecule has 0 aliphatic carbocycles. The first-order chi connectivity index (χ1) is 9.38. The predicted molar refractivity (Wildman–Crippen MR) is 80.8 cm³/mol. The average Bonchev–Trinajstić information content (AvgIpc) is 2.48. The molecule has 1 nitrogen and oxygen atoms in total. The fourth-order valence-corrected chi connectivity index (χ4v) is 2.13. The van der Waals surface area contributed by atoms with Crippen LogP contribution in [0.15, 0.2) is 66.7 Å². The molecule has 0 radical (unpaired) electrons. The molecule has 0 aliphatic heterocycles. The zero-order valence-electron chi connectivity index (χ0n) is 11.1. The third-order valence-electron chi connectivity index (χ3n) is 3.20. The van der Waals surface area contributed by atoms with Crippen LogP contribution in [0, 0.1) is 5.92 Å². The Morgan fingerprint density at radius 1 is 0.895 bits per heavy atom. The van der Waals surface area contributed by atoms with E-state index in [1.807, 2.05) is 36.4 Å². The summed E-state index contributed by atoms with van der Waals surface area (Å²) in [6, 6.07) is 20.6. The second kappa shape index (κ2) is 7.55. The van der Waals surface area contributed by atoms with Gasteiger partial charge >= 0.3 is 0 Å². The first-order valence-electron chi connectivity index (χ1n) is 6.75. The molecule has 0 aliphatic rings. The Balaban J connectivity index is 1.88. The zero-order chi connectivity index (χ0) is 13.3. The van der Waals surface area contributed by atoms with Gasteiger partial charge in [0.2, 0.25) is 0 Å². The van der Waals surface area contributed by atoms with Crippen LogP contribution in [-0.2, 0) is 6.42 Å². The number of aliphatic hydroxyl groups excluding tert-OH is 1. The van der Waals surface area contributed by atoms with Gasteiger partial charge in [0, 0.05) is 6.61 Å². The Hall–Kier alpha value is -1.86. The number of allylic oxidation sites excluding steroid dienone is 1. The summed E-state index contributed by atoms with van der Waals surface area (Å²) in [5.41, 5.74) is 2.49. The van der Waals surface area contributed by atoms with Gasteiger partial charge in [-0.1, -0.05) is 72.8 Å². The van der Waals surface area contributed by atoms with Crippen molar-refractivity contribution < 1.29 is 5.11 Å². The van der Waals surface area contributed by atoms with E-state index < -0.39 is 0 Å². The number of rotatable bonds is 6. The second-order valence-electron chi connectivity index (χ2n) is 4.79. The largest absolute Gasteiger partial charge is 0.396 e. The SMILES string of the molecule is OC[C@@H](C/C=C/c1ccccc1)Cc1ccccc1. The van der Waals surface area contributed by atoms with E-state index in [4.69, 9.17) is 0 Å². The number of aliphatic hydroxyl groups is 1. The molecule has 0 unspecified atom stereocenters. The van der Waals surface area contributed by atoms with Crippen LogP contribution >= 0.6 is 0 Å². The van der Waals surface area contributed by atoms with Gasteiger partial charge in [0.15, 0.2) is 0 Å². The molecule has 0 heterocycles. The standard InChI is InChI=1S/C18H20O/c19-15-18(14-17-10-5-2-6-11-17)13-7-12-16-8-3-1-4-9-16/h1-12,18-19H,13-15H2/b12-7+/t18-/m0/s1. The summed E-state index contributed by atoms with van der Waals surface area (Å²) in [6.45, 7) is 0.230. The van der Waals surface area contributed by atoms with Gasteiger partial charge in [-0.3, -0.25) is 0 Å². The van der Waals surface area contributed by atoms with Crippen molar-refractivity contribution in [2.75, 3.05) is 6.61 Å². The molecule has 1 N–H and O–H groups in total. The fraction of sp³-hybridized carbons (Fsp3) is 0.222. The van der Waals surface area contributed by atoms with Crippen LogP contribution in [-0.4, -0.2) is 11.7 Å². The molecule has 1 heteroatoms. The highest BCUT2D eigenvalue weighted by Crippen LogP contribution is 2.13. The van der Waals surface area contributed by atoms with Crippen molar-refractivity contribution in [2.24, 2.45) is 5.92 Å². The van der Waals surface area contributed by atoms with E-state index >= 15 is 0 Å². The maximum atomic E-state index is 9.45. The molecule has 0 aromatic heterocycles. The molecule has 0 fully saturated rings. The van der Waals surface area contributed by atoms with Crippen LogP contribution in [0.3, 0.4) is 0 Å². The summed E-state index contributed by atoms with van der Waals surface area (Å²) in [7, 11) is 0. The van der Waals surface area contributed by atoms with E-state index in [0.717, 1.165) is 12.8 Å². The molecule has 0 saturated heterocycles. The first kappa shape index (κ1) is 13.6.